The lowest BCUT2D eigenvalue weighted by Crippen LogP contribution is -2.32. The summed E-state index contributed by atoms with van der Waals surface area (Å²) in [6.45, 7) is 2.37. The number of ether oxygens (including phenoxy) is 1. The van der Waals surface area contributed by atoms with Crippen LogP contribution in [0.1, 0.15) is 11.7 Å². The predicted octanol–water partition coefficient (Wildman–Crippen LogP) is 2.91. The summed E-state index contributed by atoms with van der Waals surface area (Å²) in [5, 5.41) is 8.90. The molecular formula is C19H18N4O. The van der Waals surface area contributed by atoms with E-state index in [1.54, 1.807) is 0 Å². The Labute approximate surface area is 140 Å². The number of aromatic nitrogens is 3. The van der Waals surface area contributed by atoms with Crippen molar-refractivity contribution in [1.82, 2.24) is 15.0 Å². The first-order valence-corrected chi connectivity index (χ1v) is 8.31. The lowest BCUT2D eigenvalue weighted by atomic mass is 10.1. The third kappa shape index (κ3) is 2.12. The molecule has 2 aromatic carbocycles. The number of anilines is 1. The van der Waals surface area contributed by atoms with Gasteiger partial charge in [-0.05, 0) is 12.1 Å². The molecule has 3 aromatic rings. The van der Waals surface area contributed by atoms with Crippen LogP contribution in [0, 0.1) is 0 Å². The van der Waals surface area contributed by atoms with Crippen LogP contribution >= 0.6 is 0 Å². The molecular weight excluding hydrogens is 300 g/mol. The second-order valence-electron chi connectivity index (χ2n) is 6.35. The molecule has 5 rings (SSSR count). The Morgan fingerprint density at radius 3 is 2.46 bits per heavy atom. The van der Waals surface area contributed by atoms with E-state index in [9.17, 15) is 0 Å². The number of para-hydroxylation sites is 1. The van der Waals surface area contributed by atoms with Gasteiger partial charge in [-0.25, -0.2) is 4.68 Å². The lowest BCUT2D eigenvalue weighted by Gasteiger charge is -2.26. The molecule has 0 N–H and O–H groups in total. The highest BCUT2D eigenvalue weighted by Gasteiger charge is 2.40. The molecule has 3 heterocycles. The largest absolute Gasteiger partial charge is 0.368 e. The second-order valence-corrected chi connectivity index (χ2v) is 6.35. The van der Waals surface area contributed by atoms with Gasteiger partial charge >= 0.3 is 0 Å². The minimum absolute atomic E-state index is 0.169. The molecule has 0 unspecified atom stereocenters. The van der Waals surface area contributed by atoms with E-state index >= 15 is 0 Å². The standard InChI is InChI=1S/C19H18N4O/c1-3-7-14(8-4-1)19-17-13-24-18-12-22(15-9-5-2-6-10-15)11-16(18)23(17)21-20-19/h1-10,16,18H,11-13H2/t16-,18-/m1/s1. The van der Waals surface area contributed by atoms with Crippen LogP contribution in [0.4, 0.5) is 5.69 Å². The fourth-order valence-electron chi connectivity index (χ4n) is 3.73. The van der Waals surface area contributed by atoms with E-state index in [2.05, 4.69) is 56.3 Å². The number of hydrogen-bond donors (Lipinski definition) is 0. The molecule has 0 aliphatic carbocycles. The van der Waals surface area contributed by atoms with Crippen LogP contribution in [-0.4, -0.2) is 34.2 Å². The van der Waals surface area contributed by atoms with Gasteiger partial charge < -0.3 is 9.64 Å². The van der Waals surface area contributed by atoms with Crippen LogP contribution in [-0.2, 0) is 11.3 Å². The van der Waals surface area contributed by atoms with Crippen molar-refractivity contribution < 1.29 is 4.74 Å². The van der Waals surface area contributed by atoms with E-state index < -0.39 is 0 Å². The second kappa shape index (κ2) is 5.46. The summed E-state index contributed by atoms with van der Waals surface area (Å²) in [4.78, 5) is 2.37. The Morgan fingerprint density at radius 1 is 0.917 bits per heavy atom. The topological polar surface area (TPSA) is 43.2 Å². The fraction of sp³-hybridized carbons (Fsp3) is 0.263. The van der Waals surface area contributed by atoms with Crippen molar-refractivity contribution in [2.45, 2.75) is 18.8 Å². The zero-order valence-electron chi connectivity index (χ0n) is 13.2. The quantitative estimate of drug-likeness (QED) is 0.729. The van der Waals surface area contributed by atoms with Crippen LogP contribution in [0.15, 0.2) is 60.7 Å². The molecule has 2 atom stereocenters. The van der Waals surface area contributed by atoms with Crippen molar-refractivity contribution in [1.29, 1.82) is 0 Å². The average Bonchev–Trinajstić information content (AvgIpc) is 3.27. The number of rotatable bonds is 2. The number of nitrogens with zero attached hydrogens (tertiary/aromatic N) is 4. The van der Waals surface area contributed by atoms with E-state index in [0.717, 1.165) is 30.0 Å². The zero-order valence-corrected chi connectivity index (χ0v) is 13.2. The molecule has 120 valence electrons. The maximum Gasteiger partial charge on any atom is 0.118 e. The fourth-order valence-corrected chi connectivity index (χ4v) is 3.73. The van der Waals surface area contributed by atoms with E-state index in [0.29, 0.717) is 6.61 Å². The Balaban J connectivity index is 1.48. The van der Waals surface area contributed by atoms with E-state index in [1.807, 2.05) is 24.3 Å². The van der Waals surface area contributed by atoms with Gasteiger partial charge in [0.05, 0.1) is 24.4 Å². The van der Waals surface area contributed by atoms with Gasteiger partial charge in [0, 0.05) is 24.3 Å². The van der Waals surface area contributed by atoms with Gasteiger partial charge in [0.15, 0.2) is 0 Å². The Kier molecular flexibility index (Phi) is 3.13. The minimum atomic E-state index is 0.169. The zero-order chi connectivity index (χ0) is 15.9. The number of hydrogen-bond acceptors (Lipinski definition) is 4. The van der Waals surface area contributed by atoms with Crippen molar-refractivity contribution in [3.8, 4) is 11.3 Å². The molecule has 1 saturated heterocycles. The third-order valence-corrected chi connectivity index (χ3v) is 4.94. The Bertz CT molecular complexity index is 846. The first-order valence-electron chi connectivity index (χ1n) is 8.31. The minimum Gasteiger partial charge on any atom is -0.368 e. The summed E-state index contributed by atoms with van der Waals surface area (Å²) in [6, 6.07) is 20.9. The maximum absolute atomic E-state index is 6.16. The first-order chi connectivity index (χ1) is 11.9. The highest BCUT2D eigenvalue weighted by molar-refractivity contribution is 5.61. The average molecular weight is 318 g/mol. The van der Waals surface area contributed by atoms with Crippen LogP contribution in [0.25, 0.3) is 11.3 Å². The van der Waals surface area contributed by atoms with Gasteiger partial charge in [-0.1, -0.05) is 53.7 Å². The summed E-state index contributed by atoms with van der Waals surface area (Å²) in [7, 11) is 0. The summed E-state index contributed by atoms with van der Waals surface area (Å²) in [5.41, 5.74) is 4.35. The van der Waals surface area contributed by atoms with Gasteiger partial charge in [-0.3, -0.25) is 0 Å². The third-order valence-electron chi connectivity index (χ3n) is 4.94. The van der Waals surface area contributed by atoms with E-state index in [1.165, 1.54) is 5.69 Å². The predicted molar refractivity (Wildman–Crippen MR) is 91.7 cm³/mol. The SMILES string of the molecule is c1ccc(-c2nnn3c2CO[C@@H]2CN(c4ccccc4)C[C@H]23)cc1. The molecule has 2 aliphatic heterocycles. The highest BCUT2D eigenvalue weighted by Crippen LogP contribution is 2.35. The number of benzene rings is 2. The van der Waals surface area contributed by atoms with Crippen LogP contribution in [0.3, 0.4) is 0 Å². The van der Waals surface area contributed by atoms with Gasteiger partial charge in [0.1, 0.15) is 5.69 Å². The van der Waals surface area contributed by atoms with Crippen LogP contribution < -0.4 is 4.90 Å². The molecule has 1 fully saturated rings. The molecule has 0 amide bonds. The summed E-state index contributed by atoms with van der Waals surface area (Å²) >= 11 is 0. The van der Waals surface area contributed by atoms with Crippen molar-refractivity contribution in [3.63, 3.8) is 0 Å². The molecule has 1 aromatic heterocycles. The summed E-state index contributed by atoms with van der Waals surface area (Å²) in [5.74, 6) is 0. The Hall–Kier alpha value is -2.66. The molecule has 5 nitrogen and oxygen atoms in total. The number of fused-ring (bicyclic) bond motifs is 3. The molecule has 5 heteroatoms. The van der Waals surface area contributed by atoms with Crippen LogP contribution in [0.2, 0.25) is 0 Å². The lowest BCUT2D eigenvalue weighted by molar-refractivity contribution is -0.00225. The maximum atomic E-state index is 6.16. The molecule has 0 radical (unpaired) electrons. The molecule has 2 aliphatic rings. The first kappa shape index (κ1) is 13.7. The van der Waals surface area contributed by atoms with E-state index in [-0.39, 0.29) is 12.1 Å². The van der Waals surface area contributed by atoms with Gasteiger partial charge in [0.25, 0.3) is 0 Å². The summed E-state index contributed by atoms with van der Waals surface area (Å²) < 4.78 is 8.24. The van der Waals surface area contributed by atoms with Crippen molar-refractivity contribution >= 4 is 5.69 Å². The van der Waals surface area contributed by atoms with Gasteiger partial charge in [-0.2, -0.15) is 0 Å². The summed E-state index contributed by atoms with van der Waals surface area (Å²) in [6.07, 6.45) is 0.169. The van der Waals surface area contributed by atoms with Crippen molar-refractivity contribution in [2.75, 3.05) is 18.0 Å². The molecule has 0 saturated carbocycles. The van der Waals surface area contributed by atoms with E-state index in [4.69, 9.17) is 4.74 Å². The van der Waals surface area contributed by atoms with Crippen LogP contribution in [0.5, 0.6) is 0 Å². The van der Waals surface area contributed by atoms with Crippen molar-refractivity contribution in [3.05, 3.63) is 66.4 Å². The smallest absolute Gasteiger partial charge is 0.118 e. The normalized spacial score (nSPS) is 22.2. The molecule has 0 bridgehead atoms. The van der Waals surface area contributed by atoms with Gasteiger partial charge in [0.2, 0.25) is 0 Å². The molecule has 0 spiro atoms. The highest BCUT2D eigenvalue weighted by atomic mass is 16.5. The van der Waals surface area contributed by atoms with Gasteiger partial charge in [-0.15, -0.1) is 5.10 Å². The monoisotopic (exact) mass is 318 g/mol. The Morgan fingerprint density at radius 2 is 1.67 bits per heavy atom. The molecule has 24 heavy (non-hydrogen) atoms. The van der Waals surface area contributed by atoms with Crippen molar-refractivity contribution in [2.24, 2.45) is 0 Å².